The number of aromatic nitrogens is 1. The van der Waals surface area contributed by atoms with Gasteiger partial charge in [-0.25, -0.2) is 0 Å². The molecular formula is C15H10Cl2N2O3. The Kier molecular flexibility index (Phi) is 4.18. The van der Waals surface area contributed by atoms with Gasteiger partial charge in [-0.2, -0.15) is 0 Å². The predicted molar refractivity (Wildman–Crippen MR) is 81.8 cm³/mol. The lowest BCUT2D eigenvalue weighted by Gasteiger charge is -1.99. The standard InChI is InChI=1S/C15H10Cl2N2O3/c16-11-4-3-9(6-12(11)17)14-7-13(19-22-14)15(20)18-8-10-2-1-5-21-10/h1-7H,8H2,(H,18,20). The summed E-state index contributed by atoms with van der Waals surface area (Å²) in [7, 11) is 0. The van der Waals surface area contributed by atoms with Gasteiger partial charge in [-0.3, -0.25) is 4.79 Å². The van der Waals surface area contributed by atoms with Gasteiger partial charge in [0, 0.05) is 11.6 Å². The highest BCUT2D eigenvalue weighted by molar-refractivity contribution is 6.42. The van der Waals surface area contributed by atoms with E-state index in [1.165, 1.54) is 6.07 Å². The molecule has 0 saturated carbocycles. The average Bonchev–Trinajstić information content (AvgIpc) is 3.18. The second kappa shape index (κ2) is 6.25. The number of amides is 1. The average molecular weight is 337 g/mol. The lowest BCUT2D eigenvalue weighted by molar-refractivity contribution is 0.0939. The molecule has 1 aromatic carbocycles. The van der Waals surface area contributed by atoms with Crippen molar-refractivity contribution in [2.75, 3.05) is 0 Å². The third-order valence-corrected chi connectivity index (χ3v) is 3.69. The van der Waals surface area contributed by atoms with Gasteiger partial charge in [-0.1, -0.05) is 28.4 Å². The van der Waals surface area contributed by atoms with Gasteiger partial charge < -0.3 is 14.3 Å². The van der Waals surface area contributed by atoms with Crippen LogP contribution in [0.4, 0.5) is 0 Å². The van der Waals surface area contributed by atoms with Crippen LogP contribution in [0.5, 0.6) is 0 Å². The van der Waals surface area contributed by atoms with E-state index in [1.54, 1.807) is 36.6 Å². The SMILES string of the molecule is O=C(NCc1ccco1)c1cc(-c2ccc(Cl)c(Cl)c2)on1. The van der Waals surface area contributed by atoms with E-state index in [4.69, 9.17) is 32.1 Å². The minimum Gasteiger partial charge on any atom is -0.467 e. The van der Waals surface area contributed by atoms with Crippen LogP contribution in [0.25, 0.3) is 11.3 Å². The van der Waals surface area contributed by atoms with Gasteiger partial charge in [0.1, 0.15) is 5.76 Å². The fraction of sp³-hybridized carbons (Fsp3) is 0.0667. The van der Waals surface area contributed by atoms with Crippen molar-refractivity contribution in [3.63, 3.8) is 0 Å². The van der Waals surface area contributed by atoms with Crippen LogP contribution in [-0.4, -0.2) is 11.1 Å². The first-order valence-electron chi connectivity index (χ1n) is 6.36. The smallest absolute Gasteiger partial charge is 0.273 e. The van der Waals surface area contributed by atoms with Gasteiger partial charge >= 0.3 is 0 Å². The zero-order valence-corrected chi connectivity index (χ0v) is 12.7. The molecule has 0 bridgehead atoms. The largest absolute Gasteiger partial charge is 0.467 e. The van der Waals surface area contributed by atoms with Crippen LogP contribution in [-0.2, 0) is 6.54 Å². The van der Waals surface area contributed by atoms with Gasteiger partial charge in [0.25, 0.3) is 5.91 Å². The number of nitrogens with one attached hydrogen (secondary N) is 1. The molecule has 0 atom stereocenters. The monoisotopic (exact) mass is 336 g/mol. The van der Waals surface area contributed by atoms with Crippen LogP contribution in [0.15, 0.2) is 51.6 Å². The molecular weight excluding hydrogens is 327 g/mol. The van der Waals surface area contributed by atoms with Gasteiger partial charge in [0.15, 0.2) is 11.5 Å². The van der Waals surface area contributed by atoms with E-state index in [-0.39, 0.29) is 18.1 Å². The van der Waals surface area contributed by atoms with Crippen molar-refractivity contribution in [2.24, 2.45) is 0 Å². The predicted octanol–water partition coefficient (Wildman–Crippen LogP) is 4.17. The van der Waals surface area contributed by atoms with Crippen LogP contribution in [0.1, 0.15) is 16.2 Å². The maximum atomic E-state index is 12.0. The van der Waals surface area contributed by atoms with Crippen LogP contribution in [0.2, 0.25) is 10.0 Å². The van der Waals surface area contributed by atoms with Crippen molar-refractivity contribution in [3.05, 3.63) is 64.2 Å². The van der Waals surface area contributed by atoms with Gasteiger partial charge in [-0.15, -0.1) is 0 Å². The molecule has 7 heteroatoms. The number of nitrogens with zero attached hydrogens (tertiary/aromatic N) is 1. The molecule has 0 saturated heterocycles. The van der Waals surface area contributed by atoms with E-state index in [2.05, 4.69) is 10.5 Å². The van der Waals surface area contributed by atoms with Crippen molar-refractivity contribution in [2.45, 2.75) is 6.54 Å². The summed E-state index contributed by atoms with van der Waals surface area (Å²) >= 11 is 11.8. The molecule has 112 valence electrons. The lowest BCUT2D eigenvalue weighted by atomic mass is 10.1. The zero-order valence-electron chi connectivity index (χ0n) is 11.2. The number of halogens is 2. The number of carbonyl (C=O) groups excluding carboxylic acids is 1. The molecule has 0 unspecified atom stereocenters. The minimum atomic E-state index is -0.355. The van der Waals surface area contributed by atoms with Crippen molar-refractivity contribution in [3.8, 4) is 11.3 Å². The van der Waals surface area contributed by atoms with Crippen molar-refractivity contribution in [1.82, 2.24) is 10.5 Å². The summed E-state index contributed by atoms with van der Waals surface area (Å²) in [5.74, 6) is 0.731. The molecule has 0 aliphatic carbocycles. The lowest BCUT2D eigenvalue weighted by Crippen LogP contribution is -2.22. The van der Waals surface area contributed by atoms with E-state index in [9.17, 15) is 4.79 Å². The fourth-order valence-corrected chi connectivity index (χ4v) is 2.14. The minimum absolute atomic E-state index is 0.174. The summed E-state index contributed by atoms with van der Waals surface area (Å²) in [5, 5.41) is 7.28. The van der Waals surface area contributed by atoms with Gasteiger partial charge in [0.2, 0.25) is 0 Å². The van der Waals surface area contributed by atoms with Crippen LogP contribution < -0.4 is 5.32 Å². The Balaban J connectivity index is 1.72. The maximum Gasteiger partial charge on any atom is 0.273 e. The normalized spacial score (nSPS) is 10.6. The van der Waals surface area contributed by atoms with E-state index in [1.807, 2.05) is 0 Å². The van der Waals surface area contributed by atoms with Crippen molar-refractivity contribution >= 4 is 29.1 Å². The first-order chi connectivity index (χ1) is 10.6. The maximum absolute atomic E-state index is 12.0. The summed E-state index contributed by atoms with van der Waals surface area (Å²) < 4.78 is 10.3. The fourth-order valence-electron chi connectivity index (χ4n) is 1.84. The Morgan fingerprint density at radius 1 is 1.18 bits per heavy atom. The number of furan rings is 1. The highest BCUT2D eigenvalue weighted by Crippen LogP contribution is 2.28. The van der Waals surface area contributed by atoms with E-state index >= 15 is 0 Å². The Bertz CT molecular complexity index is 797. The first-order valence-corrected chi connectivity index (χ1v) is 7.12. The van der Waals surface area contributed by atoms with E-state index in [0.717, 1.165) is 0 Å². The van der Waals surface area contributed by atoms with E-state index < -0.39 is 0 Å². The Labute approximate surface area is 135 Å². The number of hydrogen-bond donors (Lipinski definition) is 1. The van der Waals surface area contributed by atoms with Crippen LogP contribution in [0, 0.1) is 0 Å². The molecule has 1 N–H and O–H groups in total. The summed E-state index contributed by atoms with van der Waals surface area (Å²) in [6, 6.07) is 10.1. The molecule has 0 aliphatic heterocycles. The number of carbonyl (C=O) groups is 1. The highest BCUT2D eigenvalue weighted by atomic mass is 35.5. The van der Waals surface area contributed by atoms with E-state index in [0.29, 0.717) is 27.1 Å². The summed E-state index contributed by atoms with van der Waals surface area (Å²) in [6.45, 7) is 0.279. The van der Waals surface area contributed by atoms with Crippen molar-refractivity contribution < 1.29 is 13.7 Å². The highest BCUT2D eigenvalue weighted by Gasteiger charge is 2.14. The van der Waals surface area contributed by atoms with Gasteiger partial charge in [-0.05, 0) is 30.3 Å². The zero-order chi connectivity index (χ0) is 15.5. The summed E-state index contributed by atoms with van der Waals surface area (Å²) in [4.78, 5) is 12.0. The quantitative estimate of drug-likeness (QED) is 0.776. The van der Waals surface area contributed by atoms with Crippen LogP contribution in [0.3, 0.4) is 0 Å². The van der Waals surface area contributed by atoms with Crippen molar-refractivity contribution in [1.29, 1.82) is 0 Å². The molecule has 0 spiro atoms. The third kappa shape index (κ3) is 3.16. The second-order valence-corrected chi connectivity index (χ2v) is 5.28. The first kappa shape index (κ1) is 14.7. The van der Waals surface area contributed by atoms with Gasteiger partial charge in [0.05, 0.1) is 22.9 Å². The molecule has 2 heterocycles. The Morgan fingerprint density at radius 2 is 2.05 bits per heavy atom. The molecule has 0 radical (unpaired) electrons. The number of hydrogen-bond acceptors (Lipinski definition) is 4. The topological polar surface area (TPSA) is 68.3 Å². The molecule has 0 fully saturated rings. The molecule has 2 aromatic heterocycles. The molecule has 5 nitrogen and oxygen atoms in total. The van der Waals surface area contributed by atoms with Crippen LogP contribution >= 0.6 is 23.2 Å². The molecule has 3 aromatic rings. The summed E-state index contributed by atoms with van der Waals surface area (Å²) in [6.07, 6.45) is 1.54. The Morgan fingerprint density at radius 3 is 2.77 bits per heavy atom. The molecule has 22 heavy (non-hydrogen) atoms. The molecule has 3 rings (SSSR count). The molecule has 0 aliphatic rings. The summed E-state index contributed by atoms with van der Waals surface area (Å²) in [5.41, 5.74) is 0.861. The molecule has 1 amide bonds. The number of benzene rings is 1. The Hall–Kier alpha value is -2.24. The number of rotatable bonds is 4. The third-order valence-electron chi connectivity index (χ3n) is 2.95. The second-order valence-electron chi connectivity index (χ2n) is 4.47.